The van der Waals surface area contributed by atoms with Gasteiger partial charge in [-0.2, -0.15) is 0 Å². The fraction of sp³-hybridized carbons (Fsp3) is 0. The van der Waals surface area contributed by atoms with Crippen LogP contribution in [0.4, 0.5) is 0 Å². The topological polar surface area (TPSA) is 91.9 Å². The largest absolute Gasteiger partial charge is 0.372 e. The highest BCUT2D eigenvalue weighted by Crippen LogP contribution is 1.74. The summed E-state index contributed by atoms with van der Waals surface area (Å²) in [7, 11) is 0. The Kier molecular flexibility index (Phi) is 5.28. The van der Waals surface area contributed by atoms with E-state index >= 15 is 0 Å². The van der Waals surface area contributed by atoms with Gasteiger partial charge in [-0.1, -0.05) is 5.22 Å². The first-order valence-electron chi connectivity index (χ1n) is 2.12. The number of amides is 1. The van der Waals surface area contributed by atoms with Crippen molar-refractivity contribution in [3.8, 4) is 0 Å². The average Bonchev–Trinajstić information content (AvgIpc) is 1.93. The number of nitrogens with zero attached hydrogens (tertiary/aromatic N) is 2. The Bertz CT molecular complexity index is 107. The summed E-state index contributed by atoms with van der Waals surface area (Å²) in [5, 5.41) is 6.80. The van der Waals surface area contributed by atoms with Crippen LogP contribution in [0.15, 0.2) is 22.7 Å². The zero-order valence-electron chi connectivity index (χ0n) is 4.61. The maximum absolute atomic E-state index is 8.58. The van der Waals surface area contributed by atoms with Crippen LogP contribution in [-0.4, -0.2) is 6.41 Å². The van der Waals surface area contributed by atoms with E-state index in [9.17, 15) is 0 Å². The van der Waals surface area contributed by atoms with Gasteiger partial charge in [0.1, 0.15) is 0 Å². The summed E-state index contributed by atoms with van der Waals surface area (Å²) >= 11 is 0. The van der Waals surface area contributed by atoms with Crippen molar-refractivity contribution in [2.75, 3.05) is 0 Å². The number of carbonyl (C=O) groups excluding carboxylic acids is 1. The molecule has 0 unspecified atom stereocenters. The maximum Gasteiger partial charge on any atom is 0.204 e. The molecule has 4 N–H and O–H groups in total. The average molecular weight is 129 g/mol. The molecule has 0 saturated heterocycles. The lowest BCUT2D eigenvalue weighted by molar-refractivity contribution is -0.106. The second kappa shape index (κ2) is 6.41. The Morgan fingerprint density at radius 3 is 2.44 bits per heavy atom. The van der Waals surface area contributed by atoms with E-state index in [0.29, 0.717) is 0 Å². The number of primary amides is 1. The summed E-state index contributed by atoms with van der Waals surface area (Å²) in [5.74, 6) is 0. The molecule has 6 heteroatoms. The van der Waals surface area contributed by atoms with Crippen LogP contribution < -0.4 is 16.7 Å². The van der Waals surface area contributed by atoms with Gasteiger partial charge in [0, 0.05) is 6.20 Å². The predicted molar refractivity (Wildman–Crippen MR) is 30.5 cm³/mol. The molecule has 0 aromatic heterocycles. The molecule has 9 heavy (non-hydrogen) atoms. The van der Waals surface area contributed by atoms with Gasteiger partial charge >= 0.3 is 0 Å². The van der Waals surface area contributed by atoms with E-state index in [0.717, 1.165) is 0 Å². The molecular formula is C3H7N5O. The van der Waals surface area contributed by atoms with E-state index in [1.165, 1.54) is 0 Å². The second-order valence-corrected chi connectivity index (χ2v) is 0.923. The van der Waals surface area contributed by atoms with Crippen molar-refractivity contribution in [2.45, 2.75) is 0 Å². The highest BCUT2D eigenvalue weighted by molar-refractivity contribution is 5.42. The summed E-state index contributed by atoms with van der Waals surface area (Å²) in [6.07, 6.45) is 3.45. The normalized spacial score (nSPS) is 12.0. The van der Waals surface area contributed by atoms with Crippen LogP contribution in [0, 0.1) is 0 Å². The molecule has 1 amide bonds. The zero-order valence-corrected chi connectivity index (χ0v) is 4.61. The number of carbonyl (C=O) groups is 1. The molecule has 1 aliphatic rings. The molecule has 1 heterocycles. The molecule has 0 atom stereocenters. The van der Waals surface area contributed by atoms with Crippen molar-refractivity contribution in [1.29, 1.82) is 0 Å². The van der Waals surface area contributed by atoms with E-state index in [1.807, 2.05) is 0 Å². The summed E-state index contributed by atoms with van der Waals surface area (Å²) in [6.45, 7) is 0. The number of nitrogens with one attached hydrogen (secondary N) is 2. The van der Waals surface area contributed by atoms with Crippen LogP contribution >= 0.6 is 0 Å². The van der Waals surface area contributed by atoms with Gasteiger partial charge < -0.3 is 5.73 Å². The van der Waals surface area contributed by atoms with Gasteiger partial charge in [-0.15, -0.1) is 5.11 Å². The Hall–Kier alpha value is -1.59. The highest BCUT2D eigenvalue weighted by atomic mass is 16.1. The van der Waals surface area contributed by atoms with Crippen molar-refractivity contribution in [3.05, 3.63) is 12.4 Å². The summed E-state index contributed by atoms with van der Waals surface area (Å²) < 4.78 is 0. The van der Waals surface area contributed by atoms with Crippen LogP contribution in [0.5, 0.6) is 0 Å². The van der Waals surface area contributed by atoms with Crippen LogP contribution in [0.1, 0.15) is 0 Å². The third-order valence-corrected chi connectivity index (χ3v) is 0.397. The van der Waals surface area contributed by atoms with Crippen molar-refractivity contribution in [1.82, 2.24) is 11.0 Å². The first-order valence-corrected chi connectivity index (χ1v) is 2.12. The van der Waals surface area contributed by atoms with Crippen molar-refractivity contribution in [3.63, 3.8) is 0 Å². The fourth-order valence-electron chi connectivity index (χ4n) is 0.199. The first kappa shape index (κ1) is 7.41. The van der Waals surface area contributed by atoms with Gasteiger partial charge in [0.25, 0.3) is 0 Å². The van der Waals surface area contributed by atoms with Crippen LogP contribution in [-0.2, 0) is 4.79 Å². The number of hydrazine groups is 1. The fourth-order valence-corrected chi connectivity index (χ4v) is 0.199. The SMILES string of the molecule is C1=CNNN=N1.NC=O. The second-order valence-electron chi connectivity index (χ2n) is 0.923. The molecule has 0 aliphatic carbocycles. The lowest BCUT2D eigenvalue weighted by atomic mass is 10.9. The predicted octanol–water partition coefficient (Wildman–Crippen LogP) is -0.966. The van der Waals surface area contributed by atoms with E-state index in [2.05, 4.69) is 27.0 Å². The third kappa shape index (κ3) is 6.41. The molecular weight excluding hydrogens is 122 g/mol. The minimum Gasteiger partial charge on any atom is -0.372 e. The molecule has 1 aliphatic heterocycles. The van der Waals surface area contributed by atoms with Gasteiger partial charge in [-0.25, -0.2) is 5.53 Å². The maximum atomic E-state index is 8.58. The van der Waals surface area contributed by atoms with Crippen LogP contribution in [0.2, 0.25) is 0 Å². The summed E-state index contributed by atoms with van der Waals surface area (Å²) in [4.78, 5) is 8.58. The molecule has 0 spiro atoms. The van der Waals surface area contributed by atoms with Crippen LogP contribution in [0.3, 0.4) is 0 Å². The van der Waals surface area contributed by atoms with Gasteiger partial charge in [-0.3, -0.25) is 10.2 Å². The number of nitrogens with two attached hydrogens (primary N) is 1. The molecule has 1 rings (SSSR count). The number of hydrogen-bond acceptors (Lipinski definition) is 5. The minimum absolute atomic E-state index is 0.250. The van der Waals surface area contributed by atoms with Crippen molar-refractivity contribution < 1.29 is 4.79 Å². The third-order valence-electron chi connectivity index (χ3n) is 0.397. The van der Waals surface area contributed by atoms with E-state index in [4.69, 9.17) is 4.79 Å². The molecule has 0 fully saturated rings. The lowest BCUT2D eigenvalue weighted by Crippen LogP contribution is -2.21. The molecule has 0 saturated carbocycles. The Morgan fingerprint density at radius 2 is 2.33 bits per heavy atom. The number of rotatable bonds is 0. The van der Waals surface area contributed by atoms with E-state index < -0.39 is 0 Å². The highest BCUT2D eigenvalue weighted by Gasteiger charge is 1.72. The minimum atomic E-state index is 0.250. The molecule has 0 aromatic rings. The molecule has 0 bridgehead atoms. The number of hydrogen-bond donors (Lipinski definition) is 3. The molecule has 0 aromatic carbocycles. The Morgan fingerprint density at radius 1 is 1.67 bits per heavy atom. The van der Waals surface area contributed by atoms with Crippen molar-refractivity contribution >= 4 is 6.41 Å². The van der Waals surface area contributed by atoms with Gasteiger partial charge in [-0.05, 0) is 0 Å². The summed E-state index contributed by atoms with van der Waals surface area (Å²) in [5.41, 5.74) is 9.17. The molecule has 0 radical (unpaired) electrons. The Balaban J connectivity index is 0.000000187. The van der Waals surface area contributed by atoms with E-state index in [1.54, 1.807) is 12.4 Å². The molecule has 50 valence electrons. The monoisotopic (exact) mass is 129 g/mol. The quantitative estimate of drug-likeness (QED) is 0.367. The van der Waals surface area contributed by atoms with Crippen LogP contribution in [0.25, 0.3) is 0 Å². The van der Waals surface area contributed by atoms with E-state index in [-0.39, 0.29) is 6.41 Å². The van der Waals surface area contributed by atoms with Gasteiger partial charge in [0.2, 0.25) is 6.41 Å². The lowest BCUT2D eigenvalue weighted by Gasteiger charge is -1.96. The first-order chi connectivity index (χ1) is 4.41. The smallest absolute Gasteiger partial charge is 0.204 e. The zero-order chi connectivity index (χ0) is 6.95. The van der Waals surface area contributed by atoms with Crippen molar-refractivity contribution in [2.24, 2.45) is 16.1 Å². The standard InChI is InChI=1S/C2H4N4.CH3NO/c1-2-4-6-5-3-1;2-1-3/h1-2H,(H,3,6)(H,4,5);1H,(H2,2,3). The molecule has 6 nitrogen and oxygen atoms in total. The van der Waals surface area contributed by atoms with Gasteiger partial charge in [0.15, 0.2) is 0 Å². The van der Waals surface area contributed by atoms with Gasteiger partial charge in [0.05, 0.1) is 6.20 Å². The Labute approximate surface area is 51.8 Å². The summed E-state index contributed by atoms with van der Waals surface area (Å²) in [6, 6.07) is 0.